The second-order valence-corrected chi connectivity index (χ2v) is 17.5. The molecule has 0 spiro atoms. The predicted octanol–water partition coefficient (Wildman–Crippen LogP) is 8.43. The normalized spacial score (nSPS) is 18.1. The summed E-state index contributed by atoms with van der Waals surface area (Å²) in [6, 6.07) is 10.4. The molecule has 0 unspecified atom stereocenters. The molecular weight excluding hydrogens is 782 g/mol. The van der Waals surface area contributed by atoms with Crippen LogP contribution < -0.4 is 26.6 Å². The van der Waals surface area contributed by atoms with Crippen LogP contribution in [0.15, 0.2) is 48.7 Å². The third kappa shape index (κ3) is 12.4. The molecule has 0 bridgehead atoms. The number of ether oxygens (including phenoxy) is 2. The van der Waals surface area contributed by atoms with E-state index in [1.807, 2.05) is 43.9 Å². The quantitative estimate of drug-likeness (QED) is 0.110. The Kier molecular flexibility index (Phi) is 13.1. The predicted molar refractivity (Wildman–Crippen MR) is 223 cm³/mol. The lowest BCUT2D eigenvalue weighted by atomic mass is 9.91. The number of carbonyl (C=O) groups is 3. The molecule has 4 amide bonds. The fourth-order valence-electron chi connectivity index (χ4n) is 7.38. The lowest BCUT2D eigenvalue weighted by molar-refractivity contribution is -0.138. The van der Waals surface area contributed by atoms with Gasteiger partial charge in [0.25, 0.3) is 0 Å². The van der Waals surface area contributed by atoms with E-state index in [0.717, 1.165) is 48.2 Å². The average Bonchev–Trinajstić information content (AvgIpc) is 3.50. The Morgan fingerprint density at radius 3 is 2.02 bits per heavy atom. The molecule has 1 aliphatic heterocycles. The molecule has 1 saturated carbocycles. The van der Waals surface area contributed by atoms with E-state index in [9.17, 15) is 27.6 Å². The van der Waals surface area contributed by atoms with Crippen LogP contribution in [0.2, 0.25) is 0 Å². The molecule has 324 valence electrons. The second kappa shape index (κ2) is 17.9. The summed E-state index contributed by atoms with van der Waals surface area (Å²) in [6.45, 7) is 11.9. The Morgan fingerprint density at radius 2 is 1.40 bits per heavy atom. The first-order chi connectivity index (χ1) is 28.2. The number of likely N-dealkylation sites (tertiary alicyclic amines) is 1. The zero-order valence-electron chi connectivity index (χ0n) is 35.1. The van der Waals surface area contributed by atoms with Gasteiger partial charge in [-0.3, -0.25) is 14.9 Å². The highest BCUT2D eigenvalue weighted by Crippen LogP contribution is 2.35. The lowest BCUT2D eigenvalue weighted by Gasteiger charge is -2.33. The van der Waals surface area contributed by atoms with E-state index in [4.69, 9.17) is 14.5 Å². The van der Waals surface area contributed by atoms with Gasteiger partial charge in [0.15, 0.2) is 5.82 Å². The average molecular weight is 837 g/mol. The van der Waals surface area contributed by atoms with Crippen molar-refractivity contribution >= 4 is 46.6 Å². The van der Waals surface area contributed by atoms with Gasteiger partial charge in [0.05, 0.1) is 16.8 Å². The van der Waals surface area contributed by atoms with Gasteiger partial charge in [0, 0.05) is 73.7 Å². The molecule has 2 aromatic carbocycles. The molecular formula is C42H55F3N10O5. The van der Waals surface area contributed by atoms with Crippen molar-refractivity contribution < 1.29 is 37.0 Å². The van der Waals surface area contributed by atoms with Crippen molar-refractivity contribution in [2.75, 3.05) is 29.0 Å². The van der Waals surface area contributed by atoms with Gasteiger partial charge in [-0.2, -0.15) is 18.3 Å². The van der Waals surface area contributed by atoms with Crippen LogP contribution in [-0.2, 0) is 29.2 Å². The van der Waals surface area contributed by atoms with Crippen LogP contribution in [0.1, 0.15) is 91.2 Å². The summed E-state index contributed by atoms with van der Waals surface area (Å²) in [5.41, 5.74) is 0.258. The molecule has 2 aromatic heterocycles. The first-order valence-electron chi connectivity index (χ1n) is 20.2. The number of nitrogens with one attached hydrogen (secondary N) is 5. The number of rotatable bonds is 9. The fraction of sp³-hybridized carbons (Fsp3) is 0.524. The summed E-state index contributed by atoms with van der Waals surface area (Å²) >= 11 is 0. The van der Waals surface area contributed by atoms with Crippen LogP contribution >= 0.6 is 0 Å². The summed E-state index contributed by atoms with van der Waals surface area (Å²) in [5, 5.41) is 19.5. The van der Waals surface area contributed by atoms with E-state index in [2.05, 4.69) is 36.7 Å². The number of hydrogen-bond donors (Lipinski definition) is 5. The smallest absolute Gasteiger partial charge is 0.416 e. The number of alkyl halides is 3. The van der Waals surface area contributed by atoms with Crippen molar-refractivity contribution in [1.82, 2.24) is 35.3 Å². The number of piperidine rings is 1. The van der Waals surface area contributed by atoms with Gasteiger partial charge in [-0.05, 0) is 110 Å². The minimum atomic E-state index is -4.65. The highest BCUT2D eigenvalue weighted by molar-refractivity contribution is 5.99. The van der Waals surface area contributed by atoms with Crippen molar-refractivity contribution in [3.8, 4) is 11.3 Å². The summed E-state index contributed by atoms with van der Waals surface area (Å²) in [6.07, 6.45) is 0.629. The Labute approximate surface area is 347 Å². The maximum Gasteiger partial charge on any atom is 0.416 e. The molecule has 5 N–H and O–H groups in total. The largest absolute Gasteiger partial charge is 0.444 e. The van der Waals surface area contributed by atoms with Crippen LogP contribution in [0.25, 0.3) is 22.2 Å². The molecule has 0 radical (unpaired) electrons. The fourth-order valence-corrected chi connectivity index (χ4v) is 7.38. The number of nitrogens with zero attached hydrogens (tertiary/aromatic N) is 5. The molecule has 1 saturated heterocycles. The van der Waals surface area contributed by atoms with Crippen LogP contribution in [0, 0.1) is 0 Å². The van der Waals surface area contributed by atoms with Crippen LogP contribution in [0.5, 0.6) is 0 Å². The van der Waals surface area contributed by atoms with Crippen molar-refractivity contribution in [1.29, 1.82) is 0 Å². The van der Waals surface area contributed by atoms with Crippen LogP contribution in [0.4, 0.5) is 45.0 Å². The standard InChI is InChI=1S/C42H55F3N10O5/c1-40(2,3)59-38(57)49-29-13-11-28(12-14-29)47-36-46-23-27-20-25(9-15-33(27)51-36)34-22-35(53-54(34)7)52-37(56)48-31-10-8-26(32(21-31)42(43,44)45)24-55-18-16-30(17-19-55)50-39(58)60-41(4,5)6/h8-10,15,20-23,28-30H,11-14,16-19,24H2,1-7H3,(H,49,57)(H,50,58)(H,46,47,51)(H2,48,52,53,56). The van der Waals surface area contributed by atoms with E-state index in [1.165, 1.54) is 12.1 Å². The van der Waals surface area contributed by atoms with Gasteiger partial charge in [0.1, 0.15) is 11.2 Å². The third-order valence-corrected chi connectivity index (χ3v) is 10.2. The van der Waals surface area contributed by atoms with Crippen LogP contribution in [-0.4, -0.2) is 85.3 Å². The number of anilines is 3. The number of carbonyl (C=O) groups excluding carboxylic acids is 3. The maximum absolute atomic E-state index is 14.3. The van der Waals surface area contributed by atoms with E-state index < -0.39 is 41.2 Å². The van der Waals surface area contributed by atoms with Gasteiger partial charge in [0.2, 0.25) is 5.95 Å². The topological polar surface area (TPSA) is 177 Å². The van der Waals surface area contributed by atoms with E-state index in [-0.39, 0.29) is 41.7 Å². The van der Waals surface area contributed by atoms with E-state index in [0.29, 0.717) is 37.6 Å². The van der Waals surface area contributed by atoms with Crippen molar-refractivity contribution in [2.45, 2.75) is 122 Å². The summed E-state index contributed by atoms with van der Waals surface area (Å²) in [5.74, 6) is 0.717. The molecule has 60 heavy (non-hydrogen) atoms. The van der Waals surface area contributed by atoms with Gasteiger partial charge >= 0.3 is 24.4 Å². The number of amides is 4. The summed E-state index contributed by atoms with van der Waals surface area (Å²) in [7, 11) is 1.72. The zero-order valence-corrected chi connectivity index (χ0v) is 35.1. The monoisotopic (exact) mass is 836 g/mol. The number of urea groups is 1. The van der Waals surface area contributed by atoms with Crippen molar-refractivity contribution in [3.63, 3.8) is 0 Å². The third-order valence-electron chi connectivity index (χ3n) is 10.2. The number of aryl methyl sites for hydroxylation is 1. The highest BCUT2D eigenvalue weighted by Gasteiger charge is 2.35. The number of fused-ring (bicyclic) bond motifs is 1. The number of benzene rings is 2. The molecule has 6 rings (SSSR count). The van der Waals surface area contributed by atoms with Gasteiger partial charge in [-0.1, -0.05) is 12.1 Å². The summed E-state index contributed by atoms with van der Waals surface area (Å²) in [4.78, 5) is 48.5. The van der Waals surface area contributed by atoms with Crippen molar-refractivity contribution in [2.24, 2.45) is 7.05 Å². The Bertz CT molecular complexity index is 2170. The lowest BCUT2D eigenvalue weighted by Crippen LogP contribution is -2.46. The van der Waals surface area contributed by atoms with E-state index in [1.54, 1.807) is 44.8 Å². The van der Waals surface area contributed by atoms with Crippen molar-refractivity contribution in [3.05, 3.63) is 59.8 Å². The molecule has 2 fully saturated rings. The van der Waals surface area contributed by atoms with Gasteiger partial charge < -0.3 is 30.7 Å². The van der Waals surface area contributed by atoms with E-state index >= 15 is 0 Å². The molecule has 2 aliphatic rings. The summed E-state index contributed by atoms with van der Waals surface area (Å²) < 4.78 is 55.1. The molecule has 15 nitrogen and oxygen atoms in total. The van der Waals surface area contributed by atoms with Crippen LogP contribution in [0.3, 0.4) is 0 Å². The molecule has 3 heterocycles. The first-order valence-corrected chi connectivity index (χ1v) is 20.2. The minimum absolute atomic E-state index is 0.0220. The molecule has 1 aliphatic carbocycles. The van der Waals surface area contributed by atoms with Gasteiger partial charge in [-0.15, -0.1) is 0 Å². The highest BCUT2D eigenvalue weighted by atomic mass is 19.4. The first kappa shape index (κ1) is 43.9. The molecule has 4 aromatic rings. The van der Waals surface area contributed by atoms with Gasteiger partial charge in [-0.25, -0.2) is 24.4 Å². The Morgan fingerprint density at radius 1 is 0.783 bits per heavy atom. The second-order valence-electron chi connectivity index (χ2n) is 17.5. The Hall–Kier alpha value is -5.65. The zero-order chi connectivity index (χ0) is 43.4. The molecule has 0 atom stereocenters. The Balaban J connectivity index is 1.02. The SMILES string of the molecule is Cn1nc(NC(=O)Nc2ccc(CN3CCC(NC(=O)OC(C)(C)C)CC3)c(C(F)(F)F)c2)cc1-c1ccc2nc(NC3CCC(NC(=O)OC(C)(C)C)CC3)ncc2c1. The number of aromatic nitrogens is 4. The molecule has 18 heteroatoms. The number of hydrogen-bond acceptors (Lipinski definition) is 10. The number of alkyl carbamates (subject to hydrolysis) is 2. The minimum Gasteiger partial charge on any atom is -0.444 e. The maximum atomic E-state index is 14.3. The number of halogens is 3.